The molecule has 0 N–H and O–H groups in total. The van der Waals surface area contributed by atoms with Gasteiger partial charge in [-0.15, -0.1) is 11.3 Å². The Morgan fingerprint density at radius 3 is 1.83 bits per heavy atom. The van der Waals surface area contributed by atoms with Gasteiger partial charge in [0.05, 0.1) is 11.0 Å². The van der Waals surface area contributed by atoms with Crippen LogP contribution in [-0.4, -0.2) is 4.57 Å². The summed E-state index contributed by atoms with van der Waals surface area (Å²) in [6.07, 6.45) is 0. The number of hydrogen-bond donors (Lipinski definition) is 0. The predicted molar refractivity (Wildman–Crippen MR) is 282 cm³/mol. The van der Waals surface area contributed by atoms with Gasteiger partial charge in [0, 0.05) is 64.5 Å². The lowest BCUT2D eigenvalue weighted by molar-refractivity contribution is 0.669. The maximum absolute atomic E-state index is 6.41. The van der Waals surface area contributed by atoms with Crippen LogP contribution in [-0.2, 0) is 0 Å². The molecule has 3 heterocycles. The Labute approximate surface area is 384 Å². The molecule has 3 aromatic heterocycles. The SMILES string of the molecule is c1ccc(-c2cc(N(c3ccc(-n4c5ccccc5c5ccccc54)cc3)c3ccc4sc5cccc(-c6ccc7c(c6)oc6ccccc67)c5c4c3)cc3c2ccc2ccccc23)cc1. The molecule has 0 bridgehead atoms. The highest BCUT2D eigenvalue weighted by Crippen LogP contribution is 2.47. The van der Waals surface area contributed by atoms with Crippen LogP contribution in [0.3, 0.4) is 0 Å². The van der Waals surface area contributed by atoms with Crippen molar-refractivity contribution in [2.75, 3.05) is 4.90 Å². The third-order valence-corrected chi connectivity index (χ3v) is 14.7. The summed E-state index contributed by atoms with van der Waals surface area (Å²) in [6.45, 7) is 0. The summed E-state index contributed by atoms with van der Waals surface area (Å²) >= 11 is 1.85. The van der Waals surface area contributed by atoms with Crippen molar-refractivity contribution in [1.29, 1.82) is 0 Å². The Morgan fingerprint density at radius 2 is 1.02 bits per heavy atom. The summed E-state index contributed by atoms with van der Waals surface area (Å²) in [5, 5.41) is 12.2. The first kappa shape index (κ1) is 37.0. The zero-order valence-corrected chi connectivity index (χ0v) is 36.5. The molecule has 14 rings (SSSR count). The van der Waals surface area contributed by atoms with Crippen molar-refractivity contribution in [3.63, 3.8) is 0 Å². The molecule has 0 aliphatic carbocycles. The van der Waals surface area contributed by atoms with Gasteiger partial charge in [-0.2, -0.15) is 0 Å². The molecule has 3 nitrogen and oxygen atoms in total. The van der Waals surface area contributed by atoms with Gasteiger partial charge >= 0.3 is 0 Å². The molecule has 11 aromatic carbocycles. The van der Waals surface area contributed by atoms with E-state index in [1.807, 2.05) is 23.5 Å². The van der Waals surface area contributed by atoms with Gasteiger partial charge in [-0.25, -0.2) is 0 Å². The maximum atomic E-state index is 6.41. The number of para-hydroxylation sites is 3. The number of nitrogens with zero attached hydrogens (tertiary/aromatic N) is 2. The van der Waals surface area contributed by atoms with Crippen molar-refractivity contribution in [3.05, 3.63) is 231 Å². The highest BCUT2D eigenvalue weighted by Gasteiger charge is 2.21. The van der Waals surface area contributed by atoms with E-state index in [4.69, 9.17) is 4.42 Å². The van der Waals surface area contributed by atoms with Gasteiger partial charge in [0.1, 0.15) is 11.2 Å². The lowest BCUT2D eigenvalue weighted by atomic mass is 9.93. The van der Waals surface area contributed by atoms with Gasteiger partial charge in [0.2, 0.25) is 0 Å². The van der Waals surface area contributed by atoms with Crippen molar-refractivity contribution >= 4 is 114 Å². The van der Waals surface area contributed by atoms with Crippen LogP contribution in [0.2, 0.25) is 0 Å². The Kier molecular flexibility index (Phi) is 8.15. The topological polar surface area (TPSA) is 21.3 Å². The van der Waals surface area contributed by atoms with Crippen LogP contribution >= 0.6 is 11.3 Å². The fourth-order valence-electron chi connectivity index (χ4n) is 10.6. The van der Waals surface area contributed by atoms with Gasteiger partial charge in [-0.05, 0) is 135 Å². The minimum Gasteiger partial charge on any atom is -0.456 e. The van der Waals surface area contributed by atoms with E-state index >= 15 is 0 Å². The number of furan rings is 1. The van der Waals surface area contributed by atoms with E-state index in [9.17, 15) is 0 Å². The number of rotatable bonds is 6. The van der Waals surface area contributed by atoms with Crippen molar-refractivity contribution in [1.82, 2.24) is 4.57 Å². The standard InChI is InChI=1S/C62H38N2OS/c1-2-13-39(14-3-1)53-37-45(38-54-46-16-5-4-15-40(46)25-32-48(53)54)63(42-27-29-43(30-28-42)64-56-21-9-6-17-49(56)50-18-7-10-22-57(50)64)44-31-34-60-55(36-44)62-47(20-12-24-61(62)66-60)41-26-33-52-51-19-8-11-23-58(51)65-59(52)35-41/h1-38H. The van der Waals surface area contributed by atoms with E-state index in [-0.39, 0.29) is 0 Å². The van der Waals surface area contributed by atoms with E-state index in [0.717, 1.165) is 50.3 Å². The highest BCUT2D eigenvalue weighted by atomic mass is 32.1. The Balaban J connectivity index is 1.00. The zero-order valence-electron chi connectivity index (χ0n) is 35.7. The van der Waals surface area contributed by atoms with Crippen LogP contribution in [0.15, 0.2) is 235 Å². The Hall–Kier alpha value is -8.44. The zero-order chi connectivity index (χ0) is 43.3. The second-order valence-electron chi connectivity index (χ2n) is 17.2. The molecule has 308 valence electrons. The second-order valence-corrected chi connectivity index (χ2v) is 18.3. The minimum absolute atomic E-state index is 0.902. The molecule has 0 atom stereocenters. The largest absolute Gasteiger partial charge is 0.456 e. The second kappa shape index (κ2) is 14.5. The van der Waals surface area contributed by atoms with Crippen molar-refractivity contribution < 1.29 is 4.42 Å². The average molecular weight is 859 g/mol. The molecular weight excluding hydrogens is 821 g/mol. The first-order valence-corrected chi connectivity index (χ1v) is 23.3. The molecule has 0 saturated carbocycles. The lowest BCUT2D eigenvalue weighted by Crippen LogP contribution is -2.10. The van der Waals surface area contributed by atoms with E-state index in [2.05, 4.69) is 228 Å². The van der Waals surface area contributed by atoms with Crippen LogP contribution in [0.5, 0.6) is 0 Å². The fraction of sp³-hybridized carbons (Fsp3) is 0. The van der Waals surface area contributed by atoms with E-state index in [1.165, 1.54) is 80.2 Å². The van der Waals surface area contributed by atoms with Gasteiger partial charge in [0.25, 0.3) is 0 Å². The van der Waals surface area contributed by atoms with Crippen molar-refractivity contribution in [3.8, 4) is 27.9 Å². The number of hydrogen-bond acceptors (Lipinski definition) is 3. The number of thiophene rings is 1. The third-order valence-electron chi connectivity index (χ3n) is 13.6. The Bertz CT molecular complexity index is 4180. The molecule has 4 heteroatoms. The monoisotopic (exact) mass is 858 g/mol. The van der Waals surface area contributed by atoms with Crippen LogP contribution < -0.4 is 4.90 Å². The van der Waals surface area contributed by atoms with Crippen LogP contribution in [0.1, 0.15) is 0 Å². The molecule has 66 heavy (non-hydrogen) atoms. The predicted octanol–water partition coefficient (Wildman–Crippen LogP) is 18.2. The summed E-state index contributed by atoms with van der Waals surface area (Å²) in [4.78, 5) is 2.45. The molecule has 0 radical (unpaired) electrons. The molecule has 0 aliphatic rings. The fourth-order valence-corrected chi connectivity index (χ4v) is 11.7. The van der Waals surface area contributed by atoms with E-state index < -0.39 is 0 Å². The summed E-state index contributed by atoms with van der Waals surface area (Å²) < 4.78 is 11.3. The van der Waals surface area contributed by atoms with Gasteiger partial charge < -0.3 is 13.9 Å². The summed E-state index contributed by atoms with van der Waals surface area (Å²) in [5.74, 6) is 0. The third kappa shape index (κ3) is 5.69. The number of anilines is 3. The van der Waals surface area contributed by atoms with Crippen molar-refractivity contribution in [2.45, 2.75) is 0 Å². The van der Waals surface area contributed by atoms with E-state index in [1.54, 1.807) is 0 Å². The molecule has 0 saturated heterocycles. The molecule has 0 fully saturated rings. The van der Waals surface area contributed by atoms with Crippen LogP contribution in [0.25, 0.3) is 113 Å². The summed E-state index contributed by atoms with van der Waals surface area (Å²) in [5.41, 5.74) is 13.3. The smallest absolute Gasteiger partial charge is 0.136 e. The highest BCUT2D eigenvalue weighted by molar-refractivity contribution is 7.26. The first-order valence-electron chi connectivity index (χ1n) is 22.5. The quantitative estimate of drug-likeness (QED) is 0.155. The van der Waals surface area contributed by atoms with Crippen LogP contribution in [0.4, 0.5) is 17.1 Å². The Morgan fingerprint density at radius 1 is 0.348 bits per heavy atom. The molecular formula is C62H38N2OS. The molecule has 14 aromatic rings. The lowest BCUT2D eigenvalue weighted by Gasteiger charge is -2.27. The molecule has 0 unspecified atom stereocenters. The van der Waals surface area contributed by atoms with Gasteiger partial charge in [0.15, 0.2) is 0 Å². The van der Waals surface area contributed by atoms with Gasteiger partial charge in [-0.3, -0.25) is 0 Å². The molecule has 0 spiro atoms. The summed E-state index contributed by atoms with van der Waals surface area (Å²) in [7, 11) is 0. The van der Waals surface area contributed by atoms with Gasteiger partial charge in [-0.1, -0.05) is 140 Å². The average Bonchev–Trinajstić information content (AvgIpc) is 4.06. The molecule has 0 amide bonds. The molecule has 0 aliphatic heterocycles. The minimum atomic E-state index is 0.902. The maximum Gasteiger partial charge on any atom is 0.136 e. The number of aromatic nitrogens is 1. The first-order chi connectivity index (χ1) is 32.7. The summed E-state index contributed by atoms with van der Waals surface area (Å²) in [6, 6.07) is 84.2. The number of fused-ring (bicyclic) bond motifs is 12. The number of benzene rings is 11. The normalized spacial score (nSPS) is 11.9. The van der Waals surface area contributed by atoms with Crippen LogP contribution in [0, 0.1) is 0 Å². The van der Waals surface area contributed by atoms with Crippen molar-refractivity contribution in [2.24, 2.45) is 0 Å². The van der Waals surface area contributed by atoms with E-state index in [0.29, 0.717) is 0 Å².